The lowest BCUT2D eigenvalue weighted by atomic mass is 9.71. The number of carbonyl (C=O) groups is 1. The molecule has 1 aliphatic rings. The van der Waals surface area contributed by atoms with Crippen molar-refractivity contribution in [3.63, 3.8) is 0 Å². The fraction of sp³-hybridized carbons (Fsp3) is 0.273. The predicted molar refractivity (Wildman–Crippen MR) is 109 cm³/mol. The molecule has 5 nitrogen and oxygen atoms in total. The number of hydrogen-bond acceptors (Lipinski definition) is 5. The Bertz CT molecular complexity index is 1140. The minimum atomic E-state index is -0.773. The maximum Gasteiger partial charge on any atom is 0.195 e. The number of benzene rings is 2. The van der Waals surface area contributed by atoms with Crippen LogP contribution >= 0.6 is 11.8 Å². The molecule has 1 aromatic heterocycles. The summed E-state index contributed by atoms with van der Waals surface area (Å²) in [6, 6.07) is 13.2. The number of nitrogens with zero attached hydrogens (tertiary/aromatic N) is 1. The lowest BCUT2D eigenvalue weighted by molar-refractivity contribution is 0.103. The van der Waals surface area contributed by atoms with Gasteiger partial charge in [0.15, 0.2) is 5.78 Å². The highest BCUT2D eigenvalue weighted by molar-refractivity contribution is 7.99. The monoisotopic (exact) mass is 392 g/mol. The number of aliphatic hydroxyl groups is 2. The van der Waals surface area contributed by atoms with Crippen LogP contribution in [0, 0.1) is 11.3 Å². The van der Waals surface area contributed by atoms with Gasteiger partial charge in [-0.1, -0.05) is 19.9 Å². The Morgan fingerprint density at radius 2 is 2.04 bits per heavy atom. The van der Waals surface area contributed by atoms with E-state index in [1.807, 2.05) is 24.3 Å². The molecule has 0 bridgehead atoms. The summed E-state index contributed by atoms with van der Waals surface area (Å²) in [5, 5.41) is 28.6. The third-order valence-electron chi connectivity index (χ3n) is 5.34. The summed E-state index contributed by atoms with van der Waals surface area (Å²) in [7, 11) is 0. The van der Waals surface area contributed by atoms with Crippen LogP contribution in [0.15, 0.2) is 41.3 Å². The second-order valence-electron chi connectivity index (χ2n) is 7.56. The average Bonchev–Trinajstić information content (AvgIpc) is 3.10. The van der Waals surface area contributed by atoms with Crippen LogP contribution in [-0.4, -0.2) is 39.4 Å². The molecule has 1 aliphatic carbocycles. The molecule has 142 valence electrons. The van der Waals surface area contributed by atoms with E-state index in [9.17, 15) is 9.90 Å². The van der Waals surface area contributed by atoms with Crippen molar-refractivity contribution in [2.45, 2.75) is 30.3 Å². The summed E-state index contributed by atoms with van der Waals surface area (Å²) >= 11 is 1.45. The van der Waals surface area contributed by atoms with Crippen molar-refractivity contribution in [3.05, 3.63) is 64.3 Å². The smallest absolute Gasteiger partial charge is 0.195 e. The minimum Gasteiger partial charge on any atom is -0.394 e. The van der Waals surface area contributed by atoms with E-state index in [1.54, 1.807) is 12.1 Å². The Labute approximate surface area is 167 Å². The SMILES string of the molecule is CC1(C)c2cc(SCC(O)CO)ccc2C(=O)c2c1[nH]c1cc(C#N)ccc21. The summed E-state index contributed by atoms with van der Waals surface area (Å²) in [5.74, 6) is 0.366. The van der Waals surface area contributed by atoms with Gasteiger partial charge in [-0.3, -0.25) is 4.79 Å². The average molecular weight is 392 g/mol. The van der Waals surface area contributed by atoms with Crippen LogP contribution in [0.5, 0.6) is 0 Å². The van der Waals surface area contributed by atoms with Crippen LogP contribution in [-0.2, 0) is 5.41 Å². The van der Waals surface area contributed by atoms with Gasteiger partial charge in [0, 0.05) is 38.2 Å². The number of hydrogen-bond donors (Lipinski definition) is 3. The number of aromatic nitrogens is 1. The Kier molecular flexibility index (Phi) is 4.54. The van der Waals surface area contributed by atoms with E-state index in [0.29, 0.717) is 22.4 Å². The van der Waals surface area contributed by atoms with Crippen molar-refractivity contribution >= 4 is 28.4 Å². The lowest BCUT2D eigenvalue weighted by Gasteiger charge is -2.32. The molecule has 0 fully saturated rings. The van der Waals surface area contributed by atoms with Crippen molar-refractivity contribution in [3.8, 4) is 6.07 Å². The van der Waals surface area contributed by atoms with Crippen LogP contribution in [0.4, 0.5) is 0 Å². The van der Waals surface area contributed by atoms with Crippen LogP contribution in [0.1, 0.15) is 46.6 Å². The van der Waals surface area contributed by atoms with Crippen molar-refractivity contribution in [2.24, 2.45) is 0 Å². The van der Waals surface area contributed by atoms with Crippen LogP contribution in [0.3, 0.4) is 0 Å². The largest absolute Gasteiger partial charge is 0.394 e. The molecule has 0 aliphatic heterocycles. The van der Waals surface area contributed by atoms with Crippen molar-refractivity contribution in [1.82, 2.24) is 4.98 Å². The molecule has 1 atom stereocenters. The second kappa shape index (κ2) is 6.78. The fourth-order valence-corrected chi connectivity index (χ4v) is 4.67. The third kappa shape index (κ3) is 2.83. The zero-order valence-electron chi connectivity index (χ0n) is 15.6. The maximum absolute atomic E-state index is 13.3. The van der Waals surface area contributed by atoms with Crippen molar-refractivity contribution < 1.29 is 15.0 Å². The molecular weight excluding hydrogens is 372 g/mol. The number of H-pyrrole nitrogens is 1. The van der Waals surface area contributed by atoms with Gasteiger partial charge in [0.25, 0.3) is 0 Å². The Morgan fingerprint density at radius 3 is 2.75 bits per heavy atom. The Morgan fingerprint density at radius 1 is 1.25 bits per heavy atom. The van der Waals surface area contributed by atoms with Crippen molar-refractivity contribution in [2.75, 3.05) is 12.4 Å². The number of rotatable bonds is 4. The molecule has 0 saturated heterocycles. The molecule has 3 aromatic rings. The molecule has 0 radical (unpaired) electrons. The molecule has 2 aromatic carbocycles. The summed E-state index contributed by atoms with van der Waals surface area (Å²) in [5.41, 5.74) is 4.06. The van der Waals surface area contributed by atoms with E-state index in [-0.39, 0.29) is 12.4 Å². The molecular formula is C22H20N2O3S. The summed E-state index contributed by atoms with van der Waals surface area (Å²) in [6.45, 7) is 3.88. The van der Waals surface area contributed by atoms with E-state index < -0.39 is 11.5 Å². The predicted octanol–water partition coefficient (Wildman–Crippen LogP) is 3.36. The van der Waals surface area contributed by atoms with Gasteiger partial charge in [-0.25, -0.2) is 0 Å². The Hall–Kier alpha value is -2.59. The molecule has 28 heavy (non-hydrogen) atoms. The summed E-state index contributed by atoms with van der Waals surface area (Å²) < 4.78 is 0. The molecule has 0 amide bonds. The number of ketones is 1. The first-order valence-electron chi connectivity index (χ1n) is 9.04. The van der Waals surface area contributed by atoms with Gasteiger partial charge in [0.05, 0.1) is 29.9 Å². The molecule has 3 N–H and O–H groups in total. The second-order valence-corrected chi connectivity index (χ2v) is 8.65. The molecule has 6 heteroatoms. The zero-order valence-corrected chi connectivity index (χ0v) is 16.4. The Balaban J connectivity index is 1.83. The van der Waals surface area contributed by atoms with E-state index >= 15 is 0 Å². The summed E-state index contributed by atoms with van der Waals surface area (Å²) in [4.78, 5) is 17.6. The van der Waals surface area contributed by atoms with Gasteiger partial charge in [-0.2, -0.15) is 5.26 Å². The molecule has 4 rings (SSSR count). The topological polar surface area (TPSA) is 97.1 Å². The van der Waals surface area contributed by atoms with E-state index in [2.05, 4.69) is 24.9 Å². The number of thioether (sulfide) groups is 1. The van der Waals surface area contributed by atoms with Crippen LogP contribution < -0.4 is 0 Å². The van der Waals surface area contributed by atoms with Crippen LogP contribution in [0.2, 0.25) is 0 Å². The van der Waals surface area contributed by atoms with Gasteiger partial charge in [0.2, 0.25) is 0 Å². The molecule has 0 spiro atoms. The first-order chi connectivity index (χ1) is 13.4. The lowest BCUT2D eigenvalue weighted by Crippen LogP contribution is -2.30. The van der Waals surface area contributed by atoms with E-state index in [0.717, 1.165) is 27.1 Å². The highest BCUT2D eigenvalue weighted by atomic mass is 32.2. The van der Waals surface area contributed by atoms with E-state index in [4.69, 9.17) is 10.4 Å². The minimum absolute atomic E-state index is 0.0211. The first kappa shape index (κ1) is 18.8. The first-order valence-corrected chi connectivity index (χ1v) is 10.0. The maximum atomic E-state index is 13.3. The molecule has 1 unspecified atom stereocenters. The fourth-order valence-electron chi connectivity index (χ4n) is 3.81. The molecule has 1 heterocycles. The number of carbonyl (C=O) groups excluding carboxylic acids is 1. The number of nitriles is 1. The van der Waals surface area contributed by atoms with Gasteiger partial charge in [0.1, 0.15) is 0 Å². The normalized spacial score (nSPS) is 15.8. The van der Waals surface area contributed by atoms with Gasteiger partial charge < -0.3 is 15.2 Å². The number of nitrogens with one attached hydrogen (secondary N) is 1. The van der Waals surface area contributed by atoms with E-state index in [1.165, 1.54) is 11.8 Å². The van der Waals surface area contributed by atoms with Gasteiger partial charge in [-0.05, 0) is 35.9 Å². The summed E-state index contributed by atoms with van der Waals surface area (Å²) in [6.07, 6.45) is -0.773. The van der Waals surface area contributed by atoms with Crippen molar-refractivity contribution in [1.29, 1.82) is 5.26 Å². The van der Waals surface area contributed by atoms with Gasteiger partial charge in [-0.15, -0.1) is 11.8 Å². The number of fused-ring (bicyclic) bond motifs is 4. The van der Waals surface area contributed by atoms with Gasteiger partial charge >= 0.3 is 0 Å². The number of aliphatic hydroxyl groups excluding tert-OH is 2. The standard InChI is InChI=1S/C22H20N2O3S/c1-22(2)17-8-14(28-11-13(26)10-25)4-6-15(17)20(27)19-16-5-3-12(9-23)7-18(16)24-21(19)22/h3-8,13,24-26H,10-11H2,1-2H3. The van der Waals surface area contributed by atoms with Crippen LogP contribution in [0.25, 0.3) is 10.9 Å². The highest BCUT2D eigenvalue weighted by Crippen LogP contribution is 2.44. The molecule has 0 saturated carbocycles. The third-order valence-corrected chi connectivity index (χ3v) is 6.48. The number of aromatic amines is 1. The highest BCUT2D eigenvalue weighted by Gasteiger charge is 2.39. The zero-order chi connectivity index (χ0) is 20.1. The quantitative estimate of drug-likeness (QED) is 0.592.